The predicted molar refractivity (Wildman–Crippen MR) is 68.9 cm³/mol. The SMILES string of the molecule is CC/C=C(/C)C(=O)NC(C)CN1CCOCC1. The van der Waals surface area contributed by atoms with E-state index in [0.29, 0.717) is 0 Å². The molecule has 1 fully saturated rings. The first-order valence-corrected chi connectivity index (χ1v) is 6.41. The van der Waals surface area contributed by atoms with Gasteiger partial charge in [0.05, 0.1) is 13.2 Å². The zero-order chi connectivity index (χ0) is 12.7. The third-order valence-corrected chi connectivity index (χ3v) is 2.88. The van der Waals surface area contributed by atoms with Crippen molar-refractivity contribution in [3.8, 4) is 0 Å². The minimum absolute atomic E-state index is 0.0487. The lowest BCUT2D eigenvalue weighted by atomic mass is 10.2. The van der Waals surface area contributed by atoms with Crippen molar-refractivity contribution in [3.05, 3.63) is 11.6 Å². The van der Waals surface area contributed by atoms with E-state index in [4.69, 9.17) is 4.74 Å². The summed E-state index contributed by atoms with van der Waals surface area (Å²) in [6, 6.07) is 0.181. The Hall–Kier alpha value is -0.870. The molecule has 4 heteroatoms. The van der Waals surface area contributed by atoms with E-state index in [9.17, 15) is 4.79 Å². The second-order valence-corrected chi connectivity index (χ2v) is 4.58. The van der Waals surface area contributed by atoms with Crippen LogP contribution in [0.15, 0.2) is 11.6 Å². The van der Waals surface area contributed by atoms with Crippen LogP contribution in [0, 0.1) is 0 Å². The fourth-order valence-corrected chi connectivity index (χ4v) is 1.95. The zero-order valence-electron chi connectivity index (χ0n) is 11.2. The Morgan fingerprint density at radius 1 is 1.47 bits per heavy atom. The highest BCUT2D eigenvalue weighted by Crippen LogP contribution is 2.00. The number of hydrogen-bond acceptors (Lipinski definition) is 3. The van der Waals surface area contributed by atoms with Gasteiger partial charge in [0, 0.05) is 31.2 Å². The number of amides is 1. The Kier molecular flexibility index (Phi) is 6.22. The first-order valence-electron chi connectivity index (χ1n) is 6.41. The van der Waals surface area contributed by atoms with Crippen LogP contribution in [0.2, 0.25) is 0 Å². The summed E-state index contributed by atoms with van der Waals surface area (Å²) in [7, 11) is 0. The normalized spacial score (nSPS) is 20.1. The quantitative estimate of drug-likeness (QED) is 0.734. The maximum atomic E-state index is 11.8. The fraction of sp³-hybridized carbons (Fsp3) is 0.769. The third kappa shape index (κ3) is 5.33. The van der Waals surface area contributed by atoms with Gasteiger partial charge in [-0.05, 0) is 20.3 Å². The van der Waals surface area contributed by atoms with Crippen LogP contribution in [0.3, 0.4) is 0 Å². The summed E-state index contributed by atoms with van der Waals surface area (Å²) in [5, 5.41) is 3.02. The van der Waals surface area contributed by atoms with Crippen molar-refractivity contribution >= 4 is 5.91 Å². The molecule has 0 saturated carbocycles. The number of hydrogen-bond donors (Lipinski definition) is 1. The molecule has 0 aromatic heterocycles. The molecule has 0 aliphatic carbocycles. The van der Waals surface area contributed by atoms with Gasteiger partial charge in [-0.2, -0.15) is 0 Å². The van der Waals surface area contributed by atoms with Crippen LogP contribution in [-0.2, 0) is 9.53 Å². The molecule has 4 nitrogen and oxygen atoms in total. The predicted octanol–water partition coefficient (Wildman–Crippen LogP) is 1.18. The molecule has 0 aromatic carbocycles. The Bertz CT molecular complexity index is 271. The minimum atomic E-state index is 0.0487. The Labute approximate surface area is 104 Å². The van der Waals surface area contributed by atoms with Gasteiger partial charge in [-0.25, -0.2) is 0 Å². The average Bonchev–Trinajstić information content (AvgIpc) is 2.30. The van der Waals surface area contributed by atoms with Crippen LogP contribution in [0.1, 0.15) is 27.2 Å². The van der Waals surface area contributed by atoms with Gasteiger partial charge in [-0.1, -0.05) is 13.0 Å². The molecule has 1 N–H and O–H groups in total. The number of nitrogens with one attached hydrogen (secondary N) is 1. The minimum Gasteiger partial charge on any atom is -0.379 e. The van der Waals surface area contributed by atoms with Crippen molar-refractivity contribution < 1.29 is 9.53 Å². The molecule has 1 rings (SSSR count). The monoisotopic (exact) mass is 240 g/mol. The van der Waals surface area contributed by atoms with Crippen LogP contribution < -0.4 is 5.32 Å². The van der Waals surface area contributed by atoms with Gasteiger partial charge in [0.25, 0.3) is 0 Å². The van der Waals surface area contributed by atoms with Crippen molar-refractivity contribution in [1.29, 1.82) is 0 Å². The Morgan fingerprint density at radius 2 is 2.12 bits per heavy atom. The molecule has 1 heterocycles. The molecule has 0 radical (unpaired) electrons. The van der Waals surface area contributed by atoms with Crippen molar-refractivity contribution in [1.82, 2.24) is 10.2 Å². The molecular formula is C13H24N2O2. The van der Waals surface area contributed by atoms with Crippen LogP contribution in [0.4, 0.5) is 0 Å². The van der Waals surface area contributed by atoms with Crippen molar-refractivity contribution in [2.45, 2.75) is 33.2 Å². The molecule has 1 saturated heterocycles. The van der Waals surface area contributed by atoms with E-state index in [1.165, 1.54) is 0 Å². The highest BCUT2D eigenvalue weighted by atomic mass is 16.5. The van der Waals surface area contributed by atoms with E-state index in [1.54, 1.807) is 0 Å². The molecule has 17 heavy (non-hydrogen) atoms. The molecule has 1 aliphatic heterocycles. The van der Waals surface area contributed by atoms with E-state index in [1.807, 2.05) is 26.8 Å². The summed E-state index contributed by atoms with van der Waals surface area (Å²) >= 11 is 0. The molecule has 1 atom stereocenters. The summed E-state index contributed by atoms with van der Waals surface area (Å²) in [5.41, 5.74) is 0.807. The maximum absolute atomic E-state index is 11.8. The molecule has 1 amide bonds. The maximum Gasteiger partial charge on any atom is 0.246 e. The largest absolute Gasteiger partial charge is 0.379 e. The van der Waals surface area contributed by atoms with E-state index in [0.717, 1.165) is 44.8 Å². The van der Waals surface area contributed by atoms with Gasteiger partial charge in [0.2, 0.25) is 5.91 Å². The van der Waals surface area contributed by atoms with Crippen LogP contribution in [0.25, 0.3) is 0 Å². The van der Waals surface area contributed by atoms with Crippen LogP contribution in [-0.4, -0.2) is 49.7 Å². The molecule has 0 aromatic rings. The van der Waals surface area contributed by atoms with E-state index in [-0.39, 0.29) is 11.9 Å². The summed E-state index contributed by atoms with van der Waals surface area (Å²) in [5.74, 6) is 0.0487. The summed E-state index contributed by atoms with van der Waals surface area (Å²) in [6.07, 6.45) is 2.86. The number of carbonyl (C=O) groups excluding carboxylic acids is 1. The number of morpholine rings is 1. The molecule has 0 spiro atoms. The number of rotatable bonds is 5. The molecule has 98 valence electrons. The van der Waals surface area contributed by atoms with Crippen LogP contribution >= 0.6 is 0 Å². The second kappa shape index (κ2) is 7.45. The molecule has 1 aliphatic rings. The lowest BCUT2D eigenvalue weighted by Gasteiger charge is -2.29. The first kappa shape index (κ1) is 14.2. The van der Waals surface area contributed by atoms with Crippen molar-refractivity contribution in [2.75, 3.05) is 32.8 Å². The lowest BCUT2D eigenvalue weighted by molar-refractivity contribution is -0.118. The molecule has 1 unspecified atom stereocenters. The highest BCUT2D eigenvalue weighted by Gasteiger charge is 2.15. The molecular weight excluding hydrogens is 216 g/mol. The fourth-order valence-electron chi connectivity index (χ4n) is 1.95. The van der Waals surface area contributed by atoms with E-state index in [2.05, 4.69) is 10.2 Å². The summed E-state index contributed by atoms with van der Waals surface area (Å²) in [6.45, 7) is 10.4. The number of ether oxygens (including phenoxy) is 1. The van der Waals surface area contributed by atoms with Crippen molar-refractivity contribution in [2.24, 2.45) is 0 Å². The summed E-state index contributed by atoms with van der Waals surface area (Å²) in [4.78, 5) is 14.1. The van der Waals surface area contributed by atoms with Gasteiger partial charge in [0.1, 0.15) is 0 Å². The van der Waals surface area contributed by atoms with Gasteiger partial charge in [0.15, 0.2) is 0 Å². The lowest BCUT2D eigenvalue weighted by Crippen LogP contribution is -2.46. The first-order chi connectivity index (χ1) is 8.13. The van der Waals surface area contributed by atoms with Gasteiger partial charge in [-0.15, -0.1) is 0 Å². The van der Waals surface area contributed by atoms with Crippen LogP contribution in [0.5, 0.6) is 0 Å². The Balaban J connectivity index is 2.30. The van der Waals surface area contributed by atoms with Gasteiger partial charge in [-0.3, -0.25) is 9.69 Å². The summed E-state index contributed by atoms with van der Waals surface area (Å²) < 4.78 is 5.29. The van der Waals surface area contributed by atoms with Crippen molar-refractivity contribution in [3.63, 3.8) is 0 Å². The third-order valence-electron chi connectivity index (χ3n) is 2.88. The smallest absolute Gasteiger partial charge is 0.246 e. The average molecular weight is 240 g/mol. The van der Waals surface area contributed by atoms with E-state index >= 15 is 0 Å². The Morgan fingerprint density at radius 3 is 2.71 bits per heavy atom. The number of nitrogens with zero attached hydrogens (tertiary/aromatic N) is 1. The number of allylic oxidation sites excluding steroid dienone is 1. The highest BCUT2D eigenvalue weighted by molar-refractivity contribution is 5.92. The molecule has 0 bridgehead atoms. The second-order valence-electron chi connectivity index (χ2n) is 4.58. The zero-order valence-corrected chi connectivity index (χ0v) is 11.2. The topological polar surface area (TPSA) is 41.6 Å². The standard InChI is InChI=1S/C13H24N2O2/c1-4-5-11(2)13(16)14-12(3)10-15-6-8-17-9-7-15/h5,12H,4,6-10H2,1-3H3,(H,14,16)/b11-5-. The number of carbonyl (C=O) groups is 1. The van der Waals surface area contributed by atoms with Gasteiger partial charge >= 0.3 is 0 Å². The van der Waals surface area contributed by atoms with E-state index < -0.39 is 0 Å². The van der Waals surface area contributed by atoms with Gasteiger partial charge < -0.3 is 10.1 Å².